The van der Waals surface area contributed by atoms with Gasteiger partial charge in [0.1, 0.15) is 11.6 Å². The lowest BCUT2D eigenvalue weighted by Crippen LogP contribution is -2.14. The van der Waals surface area contributed by atoms with Crippen LogP contribution in [0.2, 0.25) is 0 Å². The Hall–Kier alpha value is -2.30. The lowest BCUT2D eigenvalue weighted by atomic mass is 9.98. The molecule has 1 aromatic carbocycles. The molecule has 0 spiro atoms. The normalized spacial score (nSPS) is 23.4. The van der Waals surface area contributed by atoms with Gasteiger partial charge in [0.25, 0.3) is 5.91 Å². The van der Waals surface area contributed by atoms with Crippen molar-refractivity contribution in [3.63, 3.8) is 0 Å². The molecule has 5 heteroatoms. The van der Waals surface area contributed by atoms with Gasteiger partial charge in [0.2, 0.25) is 0 Å². The molecule has 124 valence electrons. The highest BCUT2D eigenvalue weighted by atomic mass is 19.1. The summed E-state index contributed by atoms with van der Waals surface area (Å²) in [7, 11) is 0. The second kappa shape index (κ2) is 4.85. The number of nitrogens with zero attached hydrogens (tertiary/aromatic N) is 2. The Kier molecular flexibility index (Phi) is 3.08. The Morgan fingerprint density at radius 3 is 2.88 bits per heavy atom. The van der Waals surface area contributed by atoms with Crippen LogP contribution in [0.4, 0.5) is 8.78 Å². The van der Waals surface area contributed by atoms with Crippen molar-refractivity contribution in [1.82, 2.24) is 9.78 Å². The van der Waals surface area contributed by atoms with E-state index < -0.39 is 11.6 Å². The van der Waals surface area contributed by atoms with Gasteiger partial charge in [-0.05, 0) is 54.9 Å². The lowest BCUT2D eigenvalue weighted by molar-refractivity contribution is 0.0951. The first-order valence-corrected chi connectivity index (χ1v) is 8.06. The third kappa shape index (κ3) is 2.07. The number of hydrogen-bond acceptors (Lipinski definition) is 2. The second-order valence-electron chi connectivity index (χ2n) is 7.30. The molecule has 2 aliphatic carbocycles. The standard InChI is InChI=1S/C19H18F2N2O/c1-10-17-15(9-13-18(17)19(13,2)3)23(22-10)16(24)7-4-11-8-12(20)5-6-14(11)21/h4-8,13,18H,9H2,1-3H3/b7-4+/t13-,18-/m1/s1. The Labute approximate surface area is 139 Å². The van der Waals surface area contributed by atoms with Crippen molar-refractivity contribution in [2.45, 2.75) is 33.1 Å². The molecular weight excluding hydrogens is 310 g/mol. The average molecular weight is 328 g/mol. The molecule has 0 N–H and O–H groups in total. The molecule has 0 bridgehead atoms. The van der Waals surface area contributed by atoms with E-state index in [1.165, 1.54) is 22.4 Å². The van der Waals surface area contributed by atoms with Crippen molar-refractivity contribution in [1.29, 1.82) is 0 Å². The van der Waals surface area contributed by atoms with Crippen molar-refractivity contribution in [2.75, 3.05) is 0 Å². The SMILES string of the molecule is Cc1nn(C(=O)/C=C/c2cc(F)ccc2F)c2c1[C@H]1[C@@H](C2)C1(C)C. The van der Waals surface area contributed by atoms with Crippen molar-refractivity contribution >= 4 is 12.0 Å². The highest BCUT2D eigenvalue weighted by molar-refractivity contribution is 5.94. The zero-order valence-corrected chi connectivity index (χ0v) is 13.8. The molecule has 1 saturated carbocycles. The highest BCUT2D eigenvalue weighted by Gasteiger charge is 2.63. The molecule has 1 aromatic heterocycles. The maximum atomic E-state index is 13.6. The van der Waals surface area contributed by atoms with Crippen LogP contribution >= 0.6 is 0 Å². The summed E-state index contributed by atoms with van der Waals surface area (Å²) < 4.78 is 28.2. The zero-order chi connectivity index (χ0) is 17.2. The first kappa shape index (κ1) is 15.2. The molecule has 2 aliphatic rings. The summed E-state index contributed by atoms with van der Waals surface area (Å²) in [6, 6.07) is 3.16. The molecule has 2 aromatic rings. The molecule has 0 aliphatic heterocycles. The molecule has 4 rings (SSSR count). The number of hydrogen-bond donors (Lipinski definition) is 0. The molecule has 2 atom stereocenters. The Bertz CT molecular complexity index is 895. The number of aryl methyl sites for hydroxylation is 1. The van der Waals surface area contributed by atoms with Gasteiger partial charge in [-0.1, -0.05) is 13.8 Å². The minimum atomic E-state index is -0.565. The highest BCUT2D eigenvalue weighted by Crippen LogP contribution is 2.70. The summed E-state index contributed by atoms with van der Waals surface area (Å²) in [5.41, 5.74) is 3.39. The van der Waals surface area contributed by atoms with Gasteiger partial charge in [0.05, 0.1) is 11.4 Å². The minimum Gasteiger partial charge on any atom is -0.267 e. The quantitative estimate of drug-likeness (QED) is 0.777. The minimum absolute atomic E-state index is 0.0489. The topological polar surface area (TPSA) is 34.9 Å². The van der Waals surface area contributed by atoms with Crippen LogP contribution in [0, 0.1) is 29.9 Å². The second-order valence-corrected chi connectivity index (χ2v) is 7.30. The van der Waals surface area contributed by atoms with E-state index in [0.717, 1.165) is 36.0 Å². The van der Waals surface area contributed by atoms with E-state index in [1.54, 1.807) is 0 Å². The van der Waals surface area contributed by atoms with Crippen molar-refractivity contribution in [2.24, 2.45) is 11.3 Å². The van der Waals surface area contributed by atoms with Crippen LogP contribution in [-0.4, -0.2) is 15.7 Å². The van der Waals surface area contributed by atoms with E-state index in [-0.39, 0.29) is 16.9 Å². The molecule has 0 saturated heterocycles. The fourth-order valence-corrected chi connectivity index (χ4v) is 4.15. The molecule has 0 amide bonds. The van der Waals surface area contributed by atoms with E-state index in [9.17, 15) is 13.6 Å². The summed E-state index contributed by atoms with van der Waals surface area (Å²) in [5, 5.41) is 4.38. The maximum absolute atomic E-state index is 13.6. The fourth-order valence-electron chi connectivity index (χ4n) is 4.15. The molecule has 24 heavy (non-hydrogen) atoms. The van der Waals surface area contributed by atoms with E-state index in [2.05, 4.69) is 18.9 Å². The van der Waals surface area contributed by atoms with Gasteiger partial charge in [0.15, 0.2) is 0 Å². The number of benzene rings is 1. The number of allylic oxidation sites excluding steroid dienone is 1. The maximum Gasteiger partial charge on any atom is 0.271 e. The third-order valence-electron chi connectivity index (χ3n) is 5.55. The molecule has 1 heterocycles. The predicted molar refractivity (Wildman–Crippen MR) is 86.7 cm³/mol. The van der Waals surface area contributed by atoms with E-state index in [1.807, 2.05) is 6.92 Å². The van der Waals surface area contributed by atoms with Gasteiger partial charge in [0, 0.05) is 17.2 Å². The Morgan fingerprint density at radius 1 is 1.38 bits per heavy atom. The van der Waals surface area contributed by atoms with Crippen LogP contribution in [0.3, 0.4) is 0 Å². The summed E-state index contributed by atoms with van der Waals surface area (Å²) in [4.78, 5) is 12.5. The summed E-state index contributed by atoms with van der Waals surface area (Å²) in [6.07, 6.45) is 3.39. The van der Waals surface area contributed by atoms with E-state index in [0.29, 0.717) is 11.8 Å². The van der Waals surface area contributed by atoms with Crippen molar-refractivity contribution < 1.29 is 13.6 Å². The van der Waals surface area contributed by atoms with Crippen molar-refractivity contribution in [3.05, 3.63) is 58.4 Å². The third-order valence-corrected chi connectivity index (χ3v) is 5.55. The van der Waals surface area contributed by atoms with Crippen LogP contribution in [0.25, 0.3) is 6.08 Å². The zero-order valence-electron chi connectivity index (χ0n) is 13.8. The Balaban J connectivity index is 1.63. The largest absolute Gasteiger partial charge is 0.271 e. The molecule has 3 nitrogen and oxygen atoms in total. The van der Waals surface area contributed by atoms with E-state index in [4.69, 9.17) is 0 Å². The fraction of sp³-hybridized carbons (Fsp3) is 0.368. The molecule has 0 unspecified atom stereocenters. The lowest BCUT2D eigenvalue weighted by Gasteiger charge is -2.09. The van der Waals surface area contributed by atoms with Crippen molar-refractivity contribution in [3.8, 4) is 0 Å². The van der Waals surface area contributed by atoms with Gasteiger partial charge in [-0.3, -0.25) is 4.79 Å². The monoisotopic (exact) mass is 328 g/mol. The number of carbonyl (C=O) groups is 1. The van der Waals surface area contributed by atoms with Gasteiger partial charge < -0.3 is 0 Å². The summed E-state index contributed by atoms with van der Waals surface area (Å²) in [5.74, 6) is -0.374. The van der Waals surface area contributed by atoms with Gasteiger partial charge >= 0.3 is 0 Å². The van der Waals surface area contributed by atoms with Crippen LogP contribution in [0.5, 0.6) is 0 Å². The molecule has 0 radical (unpaired) electrons. The Morgan fingerprint density at radius 2 is 2.12 bits per heavy atom. The van der Waals surface area contributed by atoms with Gasteiger partial charge in [-0.25, -0.2) is 13.5 Å². The predicted octanol–water partition coefficient (Wildman–Crippen LogP) is 4.12. The number of rotatable bonds is 2. The molecular formula is C19H18F2N2O. The van der Waals surface area contributed by atoms with Gasteiger partial charge in [-0.15, -0.1) is 0 Å². The summed E-state index contributed by atoms with van der Waals surface area (Å²) in [6.45, 7) is 6.42. The molecule has 1 fully saturated rings. The van der Waals surface area contributed by atoms with Crippen LogP contribution in [0.1, 0.15) is 47.1 Å². The average Bonchev–Trinajstić information content (AvgIpc) is 2.87. The van der Waals surface area contributed by atoms with Crippen LogP contribution in [-0.2, 0) is 6.42 Å². The number of halogens is 2. The van der Waals surface area contributed by atoms with E-state index >= 15 is 0 Å². The smallest absolute Gasteiger partial charge is 0.267 e. The number of aromatic nitrogens is 2. The number of carbonyl (C=O) groups excluding carboxylic acids is 1. The summed E-state index contributed by atoms with van der Waals surface area (Å²) >= 11 is 0. The number of fused-ring (bicyclic) bond motifs is 3. The first-order chi connectivity index (χ1) is 11.3. The van der Waals surface area contributed by atoms with Crippen LogP contribution < -0.4 is 0 Å². The first-order valence-electron chi connectivity index (χ1n) is 8.06. The van der Waals surface area contributed by atoms with Gasteiger partial charge in [-0.2, -0.15) is 5.10 Å². The van der Waals surface area contributed by atoms with Crippen LogP contribution in [0.15, 0.2) is 24.3 Å².